The summed E-state index contributed by atoms with van der Waals surface area (Å²) in [6.07, 6.45) is 3.35. The first-order chi connectivity index (χ1) is 8.27. The van der Waals surface area contributed by atoms with Crippen molar-refractivity contribution in [2.45, 2.75) is 13.0 Å². The van der Waals surface area contributed by atoms with Crippen LogP contribution in [0.2, 0.25) is 0 Å². The van der Waals surface area contributed by atoms with Gasteiger partial charge < -0.3 is 4.74 Å². The molecule has 1 aromatic heterocycles. The highest BCUT2D eigenvalue weighted by molar-refractivity contribution is 5.65. The molecule has 0 bridgehead atoms. The summed E-state index contributed by atoms with van der Waals surface area (Å²) in [6, 6.07) is 9.61. The van der Waals surface area contributed by atoms with Crippen LogP contribution >= 0.6 is 0 Å². The molecule has 0 spiro atoms. The van der Waals surface area contributed by atoms with Gasteiger partial charge in [-0.2, -0.15) is 0 Å². The van der Waals surface area contributed by atoms with Gasteiger partial charge in [0.1, 0.15) is 12.6 Å². The molecule has 0 aliphatic rings. The van der Waals surface area contributed by atoms with Crippen molar-refractivity contribution < 1.29 is 9.53 Å². The van der Waals surface area contributed by atoms with Crippen molar-refractivity contribution in [1.29, 1.82) is 0 Å². The van der Waals surface area contributed by atoms with Gasteiger partial charge >= 0.3 is 5.97 Å². The van der Waals surface area contributed by atoms with Crippen LogP contribution < -0.4 is 0 Å². The second kappa shape index (κ2) is 5.25. The van der Waals surface area contributed by atoms with E-state index in [9.17, 15) is 4.79 Å². The second-order valence-electron chi connectivity index (χ2n) is 3.61. The van der Waals surface area contributed by atoms with Crippen LogP contribution in [0.3, 0.4) is 0 Å². The zero-order valence-corrected chi connectivity index (χ0v) is 9.48. The number of carbonyl (C=O) groups is 1. The second-order valence-corrected chi connectivity index (χ2v) is 3.61. The standard InChI is InChI=1S/C12H13N3O2/c1-10(16)17-9-12(15-8-7-13-14-15)11-5-3-2-4-6-11/h2-8,12H,9H2,1H3. The summed E-state index contributed by atoms with van der Waals surface area (Å²) in [5.41, 5.74) is 1.03. The predicted molar refractivity (Wildman–Crippen MR) is 61.2 cm³/mol. The van der Waals surface area contributed by atoms with Crippen molar-refractivity contribution >= 4 is 5.97 Å². The third-order valence-electron chi connectivity index (χ3n) is 2.39. The lowest BCUT2D eigenvalue weighted by atomic mass is 10.1. The topological polar surface area (TPSA) is 57.0 Å². The molecule has 5 heteroatoms. The van der Waals surface area contributed by atoms with Crippen molar-refractivity contribution in [1.82, 2.24) is 15.0 Å². The first-order valence-corrected chi connectivity index (χ1v) is 5.31. The van der Waals surface area contributed by atoms with Crippen LogP contribution in [0.25, 0.3) is 0 Å². The average Bonchev–Trinajstić information content (AvgIpc) is 2.84. The highest BCUT2D eigenvalue weighted by Crippen LogP contribution is 2.17. The summed E-state index contributed by atoms with van der Waals surface area (Å²) in [6.45, 7) is 1.64. The predicted octanol–water partition coefficient (Wildman–Crippen LogP) is 1.43. The Hall–Kier alpha value is -2.17. The summed E-state index contributed by atoms with van der Waals surface area (Å²) in [7, 11) is 0. The Morgan fingerprint density at radius 3 is 2.76 bits per heavy atom. The third-order valence-corrected chi connectivity index (χ3v) is 2.39. The summed E-state index contributed by atoms with van der Waals surface area (Å²) in [5, 5.41) is 7.71. The normalized spacial score (nSPS) is 12.1. The van der Waals surface area contributed by atoms with Crippen LogP contribution in [-0.2, 0) is 9.53 Å². The Balaban J connectivity index is 2.22. The molecule has 88 valence electrons. The molecule has 0 fully saturated rings. The summed E-state index contributed by atoms with van der Waals surface area (Å²) in [5.74, 6) is -0.300. The molecule has 1 aromatic carbocycles. The zero-order valence-electron chi connectivity index (χ0n) is 9.48. The Morgan fingerprint density at radius 1 is 1.41 bits per heavy atom. The Labute approximate surface area is 99.0 Å². The van der Waals surface area contributed by atoms with Gasteiger partial charge in [-0.1, -0.05) is 35.5 Å². The van der Waals surface area contributed by atoms with Crippen LogP contribution in [0, 0.1) is 0 Å². The molecule has 0 N–H and O–H groups in total. The smallest absolute Gasteiger partial charge is 0.302 e. The lowest BCUT2D eigenvalue weighted by Gasteiger charge is -2.16. The van der Waals surface area contributed by atoms with Crippen molar-refractivity contribution in [3.8, 4) is 0 Å². The molecule has 0 saturated heterocycles. The third kappa shape index (κ3) is 2.90. The van der Waals surface area contributed by atoms with Gasteiger partial charge in [0.05, 0.1) is 6.20 Å². The number of ether oxygens (including phenoxy) is 1. The molecular formula is C12H13N3O2. The van der Waals surface area contributed by atoms with Crippen LogP contribution in [0.5, 0.6) is 0 Å². The fraction of sp³-hybridized carbons (Fsp3) is 0.250. The van der Waals surface area contributed by atoms with Gasteiger partial charge in [-0.05, 0) is 5.56 Å². The molecule has 1 unspecified atom stereocenters. The Bertz CT molecular complexity index is 468. The van der Waals surface area contributed by atoms with Crippen LogP contribution in [0.1, 0.15) is 18.5 Å². The number of carbonyl (C=O) groups excluding carboxylic acids is 1. The van der Waals surface area contributed by atoms with E-state index in [1.54, 1.807) is 17.1 Å². The summed E-state index contributed by atoms with van der Waals surface area (Å²) >= 11 is 0. The van der Waals surface area contributed by atoms with E-state index in [-0.39, 0.29) is 18.6 Å². The largest absolute Gasteiger partial charge is 0.463 e. The van der Waals surface area contributed by atoms with E-state index in [0.29, 0.717) is 0 Å². The molecule has 2 rings (SSSR count). The number of rotatable bonds is 4. The minimum atomic E-state index is -0.300. The number of hydrogen-bond donors (Lipinski definition) is 0. The van der Waals surface area contributed by atoms with Crippen LogP contribution in [0.15, 0.2) is 42.7 Å². The minimum Gasteiger partial charge on any atom is -0.463 e. The minimum absolute atomic E-state index is 0.136. The van der Waals surface area contributed by atoms with Crippen LogP contribution in [0.4, 0.5) is 0 Å². The maximum absolute atomic E-state index is 10.9. The Morgan fingerprint density at radius 2 is 2.18 bits per heavy atom. The lowest BCUT2D eigenvalue weighted by molar-refractivity contribution is -0.141. The number of aromatic nitrogens is 3. The molecule has 0 radical (unpaired) electrons. The molecule has 17 heavy (non-hydrogen) atoms. The highest BCUT2D eigenvalue weighted by atomic mass is 16.5. The molecule has 1 heterocycles. The molecular weight excluding hydrogens is 218 g/mol. The monoisotopic (exact) mass is 231 g/mol. The van der Waals surface area contributed by atoms with Gasteiger partial charge in [0.25, 0.3) is 0 Å². The van der Waals surface area contributed by atoms with E-state index in [1.807, 2.05) is 30.3 Å². The van der Waals surface area contributed by atoms with Crippen LogP contribution in [-0.4, -0.2) is 27.6 Å². The Kier molecular flexibility index (Phi) is 3.49. The van der Waals surface area contributed by atoms with Gasteiger partial charge in [-0.25, -0.2) is 4.68 Å². The highest BCUT2D eigenvalue weighted by Gasteiger charge is 2.15. The van der Waals surface area contributed by atoms with E-state index in [1.165, 1.54) is 6.92 Å². The SMILES string of the molecule is CC(=O)OCC(c1ccccc1)n1ccnn1. The fourth-order valence-electron chi connectivity index (χ4n) is 1.58. The number of benzene rings is 1. The number of hydrogen-bond acceptors (Lipinski definition) is 4. The van der Waals surface area contributed by atoms with Crippen molar-refractivity contribution in [2.24, 2.45) is 0 Å². The summed E-state index contributed by atoms with van der Waals surface area (Å²) in [4.78, 5) is 10.9. The molecule has 0 aliphatic heterocycles. The van der Waals surface area contributed by atoms with Gasteiger partial charge in [-0.3, -0.25) is 4.79 Å². The van der Waals surface area contributed by atoms with E-state index in [4.69, 9.17) is 4.74 Å². The fourth-order valence-corrected chi connectivity index (χ4v) is 1.58. The summed E-state index contributed by atoms with van der Waals surface area (Å²) < 4.78 is 6.73. The van der Waals surface area contributed by atoms with Crippen molar-refractivity contribution in [3.05, 3.63) is 48.3 Å². The molecule has 0 saturated carbocycles. The van der Waals surface area contributed by atoms with Gasteiger partial charge in [0.2, 0.25) is 0 Å². The van der Waals surface area contributed by atoms with Gasteiger partial charge in [0.15, 0.2) is 0 Å². The van der Waals surface area contributed by atoms with E-state index in [2.05, 4.69) is 10.3 Å². The lowest BCUT2D eigenvalue weighted by Crippen LogP contribution is -2.19. The zero-order chi connectivity index (χ0) is 12.1. The van der Waals surface area contributed by atoms with Gasteiger partial charge in [0, 0.05) is 13.1 Å². The first-order valence-electron chi connectivity index (χ1n) is 5.31. The number of esters is 1. The van der Waals surface area contributed by atoms with E-state index >= 15 is 0 Å². The van der Waals surface area contributed by atoms with Crippen molar-refractivity contribution in [3.63, 3.8) is 0 Å². The molecule has 0 amide bonds. The molecule has 2 aromatic rings. The molecule has 0 aliphatic carbocycles. The quantitative estimate of drug-likeness (QED) is 0.747. The van der Waals surface area contributed by atoms with Crippen molar-refractivity contribution in [2.75, 3.05) is 6.61 Å². The first kappa shape index (κ1) is 11.3. The molecule has 5 nitrogen and oxygen atoms in total. The number of nitrogens with zero attached hydrogens (tertiary/aromatic N) is 3. The van der Waals surface area contributed by atoms with Gasteiger partial charge in [-0.15, -0.1) is 5.10 Å². The average molecular weight is 231 g/mol. The van der Waals surface area contributed by atoms with E-state index < -0.39 is 0 Å². The maximum Gasteiger partial charge on any atom is 0.302 e. The maximum atomic E-state index is 10.9. The molecule has 1 atom stereocenters. The van der Waals surface area contributed by atoms with E-state index in [0.717, 1.165) is 5.56 Å².